The molecule has 0 bridgehead atoms. The zero-order valence-corrected chi connectivity index (χ0v) is 21.0. The van der Waals surface area contributed by atoms with E-state index in [4.69, 9.17) is 9.47 Å². The third kappa shape index (κ3) is 4.25. The summed E-state index contributed by atoms with van der Waals surface area (Å²) in [5.74, 6) is 1.46. The number of nitrogens with zero attached hydrogens (tertiary/aromatic N) is 4. The third-order valence-corrected chi connectivity index (χ3v) is 9.03. The molecule has 0 aliphatic carbocycles. The van der Waals surface area contributed by atoms with Gasteiger partial charge in [0.05, 0.1) is 25.9 Å². The first-order valence-electron chi connectivity index (χ1n) is 10.6. The minimum absolute atomic E-state index is 0.101. The predicted octanol–water partition coefficient (Wildman–Crippen LogP) is 2.44. The minimum atomic E-state index is -3.51. The molecule has 0 spiro atoms. The van der Waals surface area contributed by atoms with Gasteiger partial charge in [-0.05, 0) is 49.1 Å². The summed E-state index contributed by atoms with van der Waals surface area (Å²) in [6, 6.07) is 5.44. The zero-order valence-electron chi connectivity index (χ0n) is 19.4. The fraction of sp³-hybridized carbons (Fsp3) is 0.455. The van der Waals surface area contributed by atoms with Gasteiger partial charge in [0.25, 0.3) is 15.8 Å². The molecule has 1 unspecified atom stereocenters. The lowest BCUT2D eigenvalue weighted by atomic mass is 10.0. The van der Waals surface area contributed by atoms with Crippen LogP contribution < -0.4 is 15.0 Å². The average Bonchev–Trinajstić information content (AvgIpc) is 3.17. The van der Waals surface area contributed by atoms with Crippen molar-refractivity contribution in [1.29, 1.82) is 0 Å². The van der Waals surface area contributed by atoms with Crippen molar-refractivity contribution in [2.45, 2.75) is 32.4 Å². The number of ether oxygens (including phenoxy) is 2. The Balaban J connectivity index is 1.68. The van der Waals surface area contributed by atoms with Gasteiger partial charge in [-0.15, -0.1) is 11.3 Å². The normalized spacial score (nSPS) is 15.6. The molecule has 3 aromatic rings. The molecule has 0 N–H and O–H groups in total. The van der Waals surface area contributed by atoms with E-state index in [1.165, 1.54) is 34.0 Å². The van der Waals surface area contributed by atoms with Crippen LogP contribution in [0.15, 0.2) is 29.3 Å². The molecule has 33 heavy (non-hydrogen) atoms. The summed E-state index contributed by atoms with van der Waals surface area (Å²) < 4.78 is 40.2. The lowest BCUT2D eigenvalue weighted by Gasteiger charge is -2.28. The van der Waals surface area contributed by atoms with E-state index in [1.807, 2.05) is 25.1 Å². The van der Waals surface area contributed by atoms with Crippen LogP contribution in [0.25, 0.3) is 10.2 Å². The first kappa shape index (κ1) is 23.7. The Morgan fingerprint density at radius 2 is 2.00 bits per heavy atom. The van der Waals surface area contributed by atoms with Gasteiger partial charge in [-0.1, -0.05) is 0 Å². The Labute approximate surface area is 197 Å². The van der Waals surface area contributed by atoms with Crippen LogP contribution in [0.5, 0.6) is 11.5 Å². The molecule has 4 rings (SSSR count). The van der Waals surface area contributed by atoms with Crippen LogP contribution in [-0.2, 0) is 29.6 Å². The molecule has 11 heteroatoms. The summed E-state index contributed by atoms with van der Waals surface area (Å²) in [4.78, 5) is 19.6. The van der Waals surface area contributed by atoms with Crippen LogP contribution in [0.1, 0.15) is 29.0 Å². The summed E-state index contributed by atoms with van der Waals surface area (Å²) >= 11 is 1.40. The molecule has 1 aliphatic rings. The summed E-state index contributed by atoms with van der Waals surface area (Å²) in [6.45, 7) is 2.56. The van der Waals surface area contributed by atoms with E-state index in [0.29, 0.717) is 29.6 Å². The van der Waals surface area contributed by atoms with Gasteiger partial charge in [0, 0.05) is 38.1 Å². The molecule has 0 radical (unpaired) electrons. The second-order valence-corrected chi connectivity index (χ2v) is 11.5. The SMILES string of the molecule is COc1ccc(OC)c(CC(C)n2cnc3sc4c(c3c2=O)CCN(S(=O)(=O)N(C)C)C4)c1. The van der Waals surface area contributed by atoms with Crippen molar-refractivity contribution in [1.82, 2.24) is 18.2 Å². The van der Waals surface area contributed by atoms with E-state index in [1.54, 1.807) is 25.1 Å². The lowest BCUT2D eigenvalue weighted by molar-refractivity contribution is 0.362. The molecule has 0 amide bonds. The van der Waals surface area contributed by atoms with Crippen LogP contribution in [0.2, 0.25) is 0 Å². The van der Waals surface area contributed by atoms with Crippen LogP contribution in [0.3, 0.4) is 0 Å². The number of hydrogen-bond acceptors (Lipinski definition) is 7. The van der Waals surface area contributed by atoms with Crippen molar-refractivity contribution >= 4 is 31.8 Å². The highest BCUT2D eigenvalue weighted by Gasteiger charge is 2.31. The molecular formula is C22H28N4O5S2. The van der Waals surface area contributed by atoms with Crippen LogP contribution in [0.4, 0.5) is 0 Å². The van der Waals surface area contributed by atoms with Gasteiger partial charge in [0.1, 0.15) is 16.3 Å². The molecule has 1 aromatic carbocycles. The highest BCUT2D eigenvalue weighted by Crippen LogP contribution is 2.34. The molecule has 1 aliphatic heterocycles. The van der Waals surface area contributed by atoms with E-state index in [0.717, 1.165) is 27.5 Å². The molecule has 9 nitrogen and oxygen atoms in total. The Bertz CT molecular complexity index is 1350. The summed E-state index contributed by atoms with van der Waals surface area (Å²) in [5, 5.41) is 0.601. The number of rotatable bonds is 7. The number of aromatic nitrogens is 2. The van der Waals surface area contributed by atoms with Gasteiger partial charge in [-0.3, -0.25) is 9.36 Å². The van der Waals surface area contributed by atoms with E-state index in [2.05, 4.69) is 4.98 Å². The number of thiophene rings is 1. The monoisotopic (exact) mass is 492 g/mol. The number of fused-ring (bicyclic) bond motifs is 3. The first-order valence-corrected chi connectivity index (χ1v) is 12.8. The van der Waals surface area contributed by atoms with E-state index < -0.39 is 10.2 Å². The zero-order chi connectivity index (χ0) is 23.9. The third-order valence-electron chi connectivity index (χ3n) is 6.02. The largest absolute Gasteiger partial charge is 0.497 e. The second-order valence-electron chi connectivity index (χ2n) is 8.25. The molecule has 0 saturated carbocycles. The molecule has 3 heterocycles. The van der Waals surface area contributed by atoms with E-state index >= 15 is 0 Å². The van der Waals surface area contributed by atoms with Gasteiger partial charge in [0.2, 0.25) is 0 Å². The average molecular weight is 493 g/mol. The standard InChI is InChI=1S/C22H28N4O5S2/c1-14(10-15-11-16(30-4)6-7-18(15)31-5)26-13-23-21-20(22(26)27)17-8-9-25(12-19(17)32-21)33(28,29)24(2)3/h6-7,11,13-14H,8-10,12H2,1-5H3. The Morgan fingerprint density at radius 3 is 2.67 bits per heavy atom. The van der Waals surface area contributed by atoms with Gasteiger partial charge < -0.3 is 9.47 Å². The fourth-order valence-corrected chi connectivity index (χ4v) is 6.52. The van der Waals surface area contributed by atoms with Crippen LogP contribution in [0, 0.1) is 0 Å². The van der Waals surface area contributed by atoms with Gasteiger partial charge in [0.15, 0.2) is 0 Å². The highest BCUT2D eigenvalue weighted by atomic mass is 32.2. The number of hydrogen-bond donors (Lipinski definition) is 0. The summed E-state index contributed by atoms with van der Waals surface area (Å²) in [6.07, 6.45) is 2.63. The van der Waals surface area contributed by atoms with Crippen LogP contribution in [-0.4, -0.2) is 61.4 Å². The van der Waals surface area contributed by atoms with Crippen molar-refractivity contribution in [2.75, 3.05) is 34.9 Å². The lowest BCUT2D eigenvalue weighted by Crippen LogP contribution is -2.42. The van der Waals surface area contributed by atoms with Crippen molar-refractivity contribution in [2.24, 2.45) is 0 Å². The maximum absolute atomic E-state index is 13.5. The van der Waals surface area contributed by atoms with Crippen molar-refractivity contribution in [3.05, 3.63) is 50.9 Å². The molecule has 2 aromatic heterocycles. The smallest absolute Gasteiger partial charge is 0.281 e. The molecule has 0 saturated heterocycles. The number of methoxy groups -OCH3 is 2. The molecule has 178 valence electrons. The second kappa shape index (κ2) is 9.05. The molecular weight excluding hydrogens is 464 g/mol. The quantitative estimate of drug-likeness (QED) is 0.503. The predicted molar refractivity (Wildman–Crippen MR) is 129 cm³/mol. The van der Waals surface area contributed by atoms with Crippen molar-refractivity contribution in [3.63, 3.8) is 0 Å². The van der Waals surface area contributed by atoms with Crippen molar-refractivity contribution < 1.29 is 17.9 Å². The fourth-order valence-electron chi connectivity index (χ4n) is 4.17. The Kier molecular flexibility index (Phi) is 6.50. The van der Waals surface area contributed by atoms with Gasteiger partial charge in [-0.25, -0.2) is 4.98 Å². The number of benzene rings is 1. The van der Waals surface area contributed by atoms with Crippen LogP contribution >= 0.6 is 11.3 Å². The van der Waals surface area contributed by atoms with Gasteiger partial charge >= 0.3 is 0 Å². The Hall–Kier alpha value is -2.47. The molecule has 1 atom stereocenters. The van der Waals surface area contributed by atoms with Gasteiger partial charge in [-0.2, -0.15) is 17.0 Å². The Morgan fingerprint density at radius 1 is 1.24 bits per heavy atom. The summed E-state index contributed by atoms with van der Waals surface area (Å²) in [7, 11) is 2.77. The maximum Gasteiger partial charge on any atom is 0.281 e. The molecule has 0 fully saturated rings. The van der Waals surface area contributed by atoms with E-state index in [9.17, 15) is 13.2 Å². The van der Waals surface area contributed by atoms with Crippen molar-refractivity contribution in [3.8, 4) is 11.5 Å². The minimum Gasteiger partial charge on any atom is -0.497 e. The highest BCUT2D eigenvalue weighted by molar-refractivity contribution is 7.86. The maximum atomic E-state index is 13.5. The first-order chi connectivity index (χ1) is 15.7. The summed E-state index contributed by atoms with van der Waals surface area (Å²) in [5.41, 5.74) is 1.75. The topological polar surface area (TPSA) is 94.0 Å². The van der Waals surface area contributed by atoms with E-state index in [-0.39, 0.29) is 18.1 Å².